The molecule has 0 aliphatic rings. The molecule has 2 aromatic carbocycles. The van der Waals surface area contributed by atoms with Crippen LogP contribution < -0.4 is 4.74 Å². The lowest BCUT2D eigenvalue weighted by molar-refractivity contribution is 0.0604. The summed E-state index contributed by atoms with van der Waals surface area (Å²) < 4.78 is 10.7. The summed E-state index contributed by atoms with van der Waals surface area (Å²) in [6.07, 6.45) is -0.575. The SMILES string of the molecule is CCOc1ccc(C(=O)C(OC)c2ccccc2)cc1. The van der Waals surface area contributed by atoms with Crippen molar-refractivity contribution in [2.24, 2.45) is 0 Å². The van der Waals surface area contributed by atoms with Gasteiger partial charge < -0.3 is 9.47 Å². The summed E-state index contributed by atoms with van der Waals surface area (Å²) in [5.74, 6) is 0.708. The molecule has 0 N–H and O–H groups in total. The van der Waals surface area contributed by atoms with E-state index in [1.807, 2.05) is 37.3 Å². The number of carbonyl (C=O) groups excluding carboxylic acids is 1. The van der Waals surface area contributed by atoms with E-state index in [2.05, 4.69) is 0 Å². The Kier molecular flexibility index (Phi) is 4.91. The van der Waals surface area contributed by atoms with E-state index in [1.54, 1.807) is 31.4 Å². The van der Waals surface area contributed by atoms with Crippen molar-refractivity contribution in [3.05, 3.63) is 65.7 Å². The molecule has 0 amide bonds. The van der Waals surface area contributed by atoms with Gasteiger partial charge in [0, 0.05) is 12.7 Å². The van der Waals surface area contributed by atoms with Crippen LogP contribution in [0.5, 0.6) is 5.75 Å². The summed E-state index contributed by atoms with van der Waals surface area (Å²) in [4.78, 5) is 12.5. The monoisotopic (exact) mass is 270 g/mol. The second-order valence-electron chi connectivity index (χ2n) is 4.35. The molecular weight excluding hydrogens is 252 g/mol. The highest BCUT2D eigenvalue weighted by molar-refractivity contribution is 6.00. The molecule has 1 unspecified atom stereocenters. The van der Waals surface area contributed by atoms with Gasteiger partial charge in [0.25, 0.3) is 0 Å². The third-order valence-electron chi connectivity index (χ3n) is 3.03. The van der Waals surface area contributed by atoms with Crippen molar-refractivity contribution in [1.29, 1.82) is 0 Å². The van der Waals surface area contributed by atoms with Gasteiger partial charge in [0.1, 0.15) is 11.9 Å². The van der Waals surface area contributed by atoms with Crippen molar-refractivity contribution in [2.45, 2.75) is 13.0 Å². The predicted octanol–water partition coefficient (Wildman–Crippen LogP) is 3.66. The first-order valence-corrected chi connectivity index (χ1v) is 6.61. The number of rotatable bonds is 6. The topological polar surface area (TPSA) is 35.5 Å². The Labute approximate surface area is 119 Å². The molecule has 0 saturated carbocycles. The number of carbonyl (C=O) groups is 1. The quantitative estimate of drug-likeness (QED) is 0.751. The highest BCUT2D eigenvalue weighted by Crippen LogP contribution is 2.23. The molecule has 3 heteroatoms. The highest BCUT2D eigenvalue weighted by atomic mass is 16.5. The predicted molar refractivity (Wildman–Crippen MR) is 78.1 cm³/mol. The molecule has 0 radical (unpaired) electrons. The Morgan fingerprint density at radius 1 is 1.05 bits per heavy atom. The molecule has 0 aliphatic heterocycles. The van der Waals surface area contributed by atoms with E-state index in [0.29, 0.717) is 12.2 Å². The fraction of sp³-hybridized carbons (Fsp3) is 0.235. The second kappa shape index (κ2) is 6.87. The molecule has 0 fully saturated rings. The molecule has 2 rings (SSSR count). The standard InChI is InChI=1S/C17H18O3/c1-3-20-15-11-9-13(10-12-15)16(18)17(19-2)14-7-5-4-6-8-14/h4-12,17H,3H2,1-2H3. The Bertz CT molecular complexity index is 546. The van der Waals surface area contributed by atoms with E-state index in [1.165, 1.54) is 0 Å². The van der Waals surface area contributed by atoms with Gasteiger partial charge in [0.15, 0.2) is 5.78 Å². The molecule has 0 heterocycles. The minimum Gasteiger partial charge on any atom is -0.494 e. The van der Waals surface area contributed by atoms with E-state index in [9.17, 15) is 4.79 Å². The van der Waals surface area contributed by atoms with Gasteiger partial charge in [0.2, 0.25) is 0 Å². The van der Waals surface area contributed by atoms with Crippen LogP contribution in [0.4, 0.5) is 0 Å². The lowest BCUT2D eigenvalue weighted by Crippen LogP contribution is -2.14. The third-order valence-corrected chi connectivity index (χ3v) is 3.03. The van der Waals surface area contributed by atoms with Gasteiger partial charge in [-0.05, 0) is 36.8 Å². The molecule has 2 aromatic rings. The lowest BCUT2D eigenvalue weighted by Gasteiger charge is -2.14. The summed E-state index contributed by atoms with van der Waals surface area (Å²) in [5.41, 5.74) is 1.47. The lowest BCUT2D eigenvalue weighted by atomic mass is 10.00. The Balaban J connectivity index is 2.20. The number of Topliss-reactive ketones (excluding diaryl/α,β-unsaturated/α-hetero) is 1. The van der Waals surface area contributed by atoms with Gasteiger partial charge in [-0.1, -0.05) is 30.3 Å². The molecular formula is C17H18O3. The zero-order valence-electron chi connectivity index (χ0n) is 11.7. The molecule has 104 valence electrons. The van der Waals surface area contributed by atoms with Gasteiger partial charge in [-0.15, -0.1) is 0 Å². The van der Waals surface area contributed by atoms with Crippen molar-refractivity contribution in [3.8, 4) is 5.75 Å². The number of methoxy groups -OCH3 is 1. The first-order valence-electron chi connectivity index (χ1n) is 6.61. The molecule has 0 aromatic heterocycles. The van der Waals surface area contributed by atoms with Gasteiger partial charge >= 0.3 is 0 Å². The number of ether oxygens (including phenoxy) is 2. The van der Waals surface area contributed by atoms with E-state index in [4.69, 9.17) is 9.47 Å². The Morgan fingerprint density at radius 2 is 1.70 bits per heavy atom. The largest absolute Gasteiger partial charge is 0.494 e. The van der Waals surface area contributed by atoms with Gasteiger partial charge in [-0.3, -0.25) is 4.79 Å². The zero-order valence-corrected chi connectivity index (χ0v) is 11.7. The number of hydrogen-bond donors (Lipinski definition) is 0. The summed E-state index contributed by atoms with van der Waals surface area (Å²) in [6, 6.07) is 16.6. The average Bonchev–Trinajstić information content (AvgIpc) is 2.50. The molecule has 0 spiro atoms. The summed E-state index contributed by atoms with van der Waals surface area (Å²) in [7, 11) is 1.55. The van der Waals surface area contributed by atoms with Crippen molar-refractivity contribution < 1.29 is 14.3 Å². The molecule has 0 bridgehead atoms. The van der Waals surface area contributed by atoms with Crippen LogP contribution in [-0.4, -0.2) is 19.5 Å². The van der Waals surface area contributed by atoms with E-state index >= 15 is 0 Å². The minimum absolute atomic E-state index is 0.0539. The summed E-state index contributed by atoms with van der Waals surface area (Å²) >= 11 is 0. The molecule has 1 atom stereocenters. The Hall–Kier alpha value is -2.13. The third kappa shape index (κ3) is 3.25. The van der Waals surface area contributed by atoms with Crippen LogP contribution in [0.25, 0.3) is 0 Å². The van der Waals surface area contributed by atoms with Gasteiger partial charge in [0.05, 0.1) is 6.61 Å². The smallest absolute Gasteiger partial charge is 0.196 e. The van der Waals surface area contributed by atoms with E-state index < -0.39 is 6.10 Å². The minimum atomic E-state index is -0.575. The fourth-order valence-electron chi connectivity index (χ4n) is 2.06. The number of hydrogen-bond acceptors (Lipinski definition) is 3. The Morgan fingerprint density at radius 3 is 2.25 bits per heavy atom. The van der Waals surface area contributed by atoms with Crippen LogP contribution in [0.15, 0.2) is 54.6 Å². The van der Waals surface area contributed by atoms with Crippen molar-refractivity contribution >= 4 is 5.78 Å². The van der Waals surface area contributed by atoms with Gasteiger partial charge in [-0.25, -0.2) is 0 Å². The second-order valence-corrected chi connectivity index (χ2v) is 4.35. The molecule has 3 nitrogen and oxygen atoms in total. The van der Waals surface area contributed by atoms with Crippen LogP contribution in [-0.2, 0) is 4.74 Å². The van der Waals surface area contributed by atoms with E-state index in [0.717, 1.165) is 11.3 Å². The normalized spacial score (nSPS) is 11.9. The molecule has 20 heavy (non-hydrogen) atoms. The maximum atomic E-state index is 12.5. The first kappa shape index (κ1) is 14.3. The first-order chi connectivity index (χ1) is 9.76. The average molecular weight is 270 g/mol. The van der Waals surface area contributed by atoms with Crippen LogP contribution >= 0.6 is 0 Å². The molecule has 0 aliphatic carbocycles. The van der Waals surface area contributed by atoms with Gasteiger partial charge in [-0.2, -0.15) is 0 Å². The van der Waals surface area contributed by atoms with Crippen molar-refractivity contribution in [2.75, 3.05) is 13.7 Å². The maximum absolute atomic E-state index is 12.5. The summed E-state index contributed by atoms with van der Waals surface area (Å²) in [6.45, 7) is 2.54. The zero-order chi connectivity index (χ0) is 14.4. The van der Waals surface area contributed by atoms with Crippen LogP contribution in [0, 0.1) is 0 Å². The number of ketones is 1. The van der Waals surface area contributed by atoms with Crippen LogP contribution in [0.2, 0.25) is 0 Å². The van der Waals surface area contributed by atoms with Crippen molar-refractivity contribution in [3.63, 3.8) is 0 Å². The van der Waals surface area contributed by atoms with Crippen LogP contribution in [0.1, 0.15) is 28.9 Å². The fourth-order valence-corrected chi connectivity index (χ4v) is 2.06. The van der Waals surface area contributed by atoms with E-state index in [-0.39, 0.29) is 5.78 Å². The molecule has 0 saturated heterocycles. The number of benzene rings is 2. The van der Waals surface area contributed by atoms with Crippen LogP contribution in [0.3, 0.4) is 0 Å². The summed E-state index contributed by atoms with van der Waals surface area (Å²) in [5, 5.41) is 0. The maximum Gasteiger partial charge on any atom is 0.196 e. The highest BCUT2D eigenvalue weighted by Gasteiger charge is 2.21. The van der Waals surface area contributed by atoms with Crippen molar-refractivity contribution in [1.82, 2.24) is 0 Å².